The van der Waals surface area contributed by atoms with E-state index in [0.717, 1.165) is 6.42 Å². The summed E-state index contributed by atoms with van der Waals surface area (Å²) in [5.74, 6) is 1.29. The first kappa shape index (κ1) is 24.5. The molecule has 1 unspecified atom stereocenters. The molecule has 4 aromatic rings. The highest BCUT2D eigenvalue weighted by atomic mass is 35.5. The van der Waals surface area contributed by atoms with Crippen molar-refractivity contribution in [2.45, 2.75) is 19.1 Å². The molecule has 2 N–H and O–H groups in total. The number of carbonyl (C=O) groups excluding carboxylic acids is 1. The van der Waals surface area contributed by atoms with Gasteiger partial charge in [0, 0.05) is 24.8 Å². The van der Waals surface area contributed by atoms with Crippen LogP contribution in [0.4, 0.5) is 21.7 Å². The first-order chi connectivity index (χ1) is 18.0. The van der Waals surface area contributed by atoms with Crippen molar-refractivity contribution in [3.05, 3.63) is 90.0 Å². The van der Waals surface area contributed by atoms with E-state index in [9.17, 15) is 9.18 Å². The lowest BCUT2D eigenvalue weighted by Crippen LogP contribution is -2.30. The highest BCUT2D eigenvalue weighted by Crippen LogP contribution is 2.31. The van der Waals surface area contributed by atoms with Crippen molar-refractivity contribution in [2.75, 3.05) is 23.7 Å². The van der Waals surface area contributed by atoms with Crippen LogP contribution in [0.25, 0.3) is 11.0 Å². The van der Waals surface area contributed by atoms with Gasteiger partial charge in [0.15, 0.2) is 5.82 Å². The van der Waals surface area contributed by atoms with Crippen molar-refractivity contribution in [2.24, 2.45) is 0 Å². The van der Waals surface area contributed by atoms with Gasteiger partial charge in [-0.05, 0) is 60.5 Å². The van der Waals surface area contributed by atoms with Crippen molar-refractivity contribution >= 4 is 45.9 Å². The molecule has 0 bridgehead atoms. The van der Waals surface area contributed by atoms with Gasteiger partial charge in [-0.3, -0.25) is 4.79 Å². The number of amides is 1. The van der Waals surface area contributed by atoms with E-state index in [-0.39, 0.29) is 24.4 Å². The summed E-state index contributed by atoms with van der Waals surface area (Å²) in [7, 11) is 0. The van der Waals surface area contributed by atoms with Crippen LogP contribution in [0.5, 0.6) is 5.75 Å². The third kappa shape index (κ3) is 5.78. The van der Waals surface area contributed by atoms with Crippen LogP contribution in [-0.2, 0) is 11.4 Å². The van der Waals surface area contributed by atoms with Gasteiger partial charge in [-0.1, -0.05) is 30.3 Å². The number of anilines is 3. The minimum atomic E-state index is -0.316. The molecular formula is C27H24ClFN6O2. The highest BCUT2D eigenvalue weighted by molar-refractivity contribution is 6.32. The van der Waals surface area contributed by atoms with Crippen LogP contribution in [0.1, 0.15) is 12.0 Å². The maximum atomic E-state index is 13.4. The van der Waals surface area contributed by atoms with Gasteiger partial charge in [0.25, 0.3) is 0 Å². The number of benzene rings is 2. The van der Waals surface area contributed by atoms with Crippen molar-refractivity contribution in [3.8, 4) is 5.75 Å². The number of aromatic nitrogens is 3. The molecule has 0 aliphatic carbocycles. The lowest BCUT2D eigenvalue weighted by atomic mass is 10.2. The summed E-state index contributed by atoms with van der Waals surface area (Å²) in [6.45, 7) is 5.02. The van der Waals surface area contributed by atoms with E-state index < -0.39 is 0 Å². The first-order valence-electron chi connectivity index (χ1n) is 11.7. The van der Waals surface area contributed by atoms with E-state index in [2.05, 4.69) is 27.2 Å². The summed E-state index contributed by atoms with van der Waals surface area (Å²) >= 11 is 6.44. The van der Waals surface area contributed by atoms with E-state index in [1.54, 1.807) is 29.2 Å². The first-order valence-corrected chi connectivity index (χ1v) is 12.1. The van der Waals surface area contributed by atoms with Gasteiger partial charge >= 0.3 is 0 Å². The van der Waals surface area contributed by atoms with Crippen molar-refractivity contribution in [1.29, 1.82) is 0 Å². The van der Waals surface area contributed by atoms with Crippen LogP contribution in [0.3, 0.4) is 0 Å². The number of nitrogens with one attached hydrogen (secondary N) is 2. The Hall–Kier alpha value is -4.24. The largest absolute Gasteiger partial charge is 0.487 e. The fourth-order valence-corrected chi connectivity index (χ4v) is 4.38. The van der Waals surface area contributed by atoms with E-state index >= 15 is 0 Å². The summed E-state index contributed by atoms with van der Waals surface area (Å²) in [5, 5.41) is 7.05. The smallest absolute Gasteiger partial charge is 0.246 e. The number of ether oxygens (including phenoxy) is 1. The second-order valence-electron chi connectivity index (χ2n) is 8.59. The molecule has 1 saturated heterocycles. The molecule has 0 saturated carbocycles. The van der Waals surface area contributed by atoms with Crippen LogP contribution in [0.2, 0.25) is 5.02 Å². The minimum absolute atomic E-state index is 0.0697. The van der Waals surface area contributed by atoms with Gasteiger partial charge in [-0.25, -0.2) is 19.3 Å². The summed E-state index contributed by atoms with van der Waals surface area (Å²) in [5.41, 5.74) is 2.67. The molecule has 10 heteroatoms. The van der Waals surface area contributed by atoms with Crippen molar-refractivity contribution < 1.29 is 13.9 Å². The molecule has 188 valence electrons. The molecule has 37 heavy (non-hydrogen) atoms. The summed E-state index contributed by atoms with van der Waals surface area (Å²) in [6, 6.07) is 15.3. The Morgan fingerprint density at radius 2 is 2.11 bits per heavy atom. The van der Waals surface area contributed by atoms with Crippen molar-refractivity contribution in [3.63, 3.8) is 0 Å². The summed E-state index contributed by atoms with van der Waals surface area (Å²) < 4.78 is 19.2. The Balaban J connectivity index is 1.29. The van der Waals surface area contributed by atoms with E-state index in [4.69, 9.17) is 21.3 Å². The number of likely N-dealkylation sites (tertiary alicyclic amines) is 1. The summed E-state index contributed by atoms with van der Waals surface area (Å²) in [6.07, 6.45) is 3.62. The fraction of sp³-hybridized carbons (Fsp3) is 0.185. The number of fused-ring (bicyclic) bond motifs is 1. The zero-order valence-electron chi connectivity index (χ0n) is 19.8. The van der Waals surface area contributed by atoms with Gasteiger partial charge in [-0.2, -0.15) is 0 Å². The third-order valence-corrected chi connectivity index (χ3v) is 6.28. The van der Waals surface area contributed by atoms with Gasteiger partial charge in [0.05, 0.1) is 10.5 Å². The molecule has 1 aliphatic heterocycles. The second-order valence-corrected chi connectivity index (χ2v) is 9.00. The van der Waals surface area contributed by atoms with E-state index in [0.29, 0.717) is 57.8 Å². The Bertz CT molecular complexity index is 1470. The maximum Gasteiger partial charge on any atom is 0.246 e. The molecule has 8 nitrogen and oxygen atoms in total. The lowest BCUT2D eigenvalue weighted by Gasteiger charge is -2.16. The number of pyridine rings is 1. The number of carbonyl (C=O) groups is 1. The van der Waals surface area contributed by atoms with Gasteiger partial charge in [-0.15, -0.1) is 0 Å². The van der Waals surface area contributed by atoms with Crippen LogP contribution >= 0.6 is 11.6 Å². The molecule has 0 radical (unpaired) electrons. The minimum Gasteiger partial charge on any atom is -0.487 e. The van der Waals surface area contributed by atoms with Crippen LogP contribution in [0, 0.1) is 5.82 Å². The molecule has 1 aliphatic rings. The molecular weight excluding hydrogens is 495 g/mol. The fourth-order valence-electron chi connectivity index (χ4n) is 4.15. The third-order valence-electron chi connectivity index (χ3n) is 5.99. The maximum absolute atomic E-state index is 13.4. The monoisotopic (exact) mass is 518 g/mol. The highest BCUT2D eigenvalue weighted by Gasteiger charge is 2.25. The number of rotatable bonds is 8. The molecule has 1 amide bonds. The van der Waals surface area contributed by atoms with Gasteiger partial charge < -0.3 is 20.3 Å². The van der Waals surface area contributed by atoms with Gasteiger partial charge in [0.2, 0.25) is 5.91 Å². The van der Waals surface area contributed by atoms with Crippen LogP contribution < -0.4 is 15.4 Å². The molecule has 3 heterocycles. The quantitative estimate of drug-likeness (QED) is 0.304. The van der Waals surface area contributed by atoms with Crippen molar-refractivity contribution in [1.82, 2.24) is 19.9 Å². The molecule has 5 rings (SSSR count). The predicted octanol–water partition coefficient (Wildman–Crippen LogP) is 5.34. The molecule has 1 atom stereocenters. The average Bonchev–Trinajstić information content (AvgIpc) is 3.36. The number of nitrogens with zero attached hydrogens (tertiary/aromatic N) is 4. The molecule has 1 fully saturated rings. The molecule has 0 spiro atoms. The van der Waals surface area contributed by atoms with Gasteiger partial charge in [0.1, 0.15) is 35.8 Å². The lowest BCUT2D eigenvalue weighted by molar-refractivity contribution is -0.125. The Labute approximate surface area is 218 Å². The Morgan fingerprint density at radius 3 is 2.92 bits per heavy atom. The predicted molar refractivity (Wildman–Crippen MR) is 142 cm³/mol. The van der Waals surface area contributed by atoms with E-state index in [1.165, 1.54) is 24.5 Å². The standard InChI is InChI=1S/C27H24ClFN6O2/c1-2-25(36)35-11-10-20(14-35)32-24-9-7-22-26(34-24)27(31-16-30-22)33-19-6-8-23(21(28)13-19)37-15-17-4-3-5-18(29)12-17/h2-9,12-13,16,20H,1,10-11,14-15H2,(H,32,34)(H,30,31,33). The second kappa shape index (κ2) is 10.8. The topological polar surface area (TPSA) is 92.3 Å². The van der Waals surface area contributed by atoms with E-state index in [1.807, 2.05) is 18.2 Å². The number of hydrogen-bond donors (Lipinski definition) is 2. The zero-order valence-corrected chi connectivity index (χ0v) is 20.6. The summed E-state index contributed by atoms with van der Waals surface area (Å²) in [4.78, 5) is 27.0. The average molecular weight is 519 g/mol. The molecule has 2 aromatic carbocycles. The number of hydrogen-bond acceptors (Lipinski definition) is 7. The molecule has 2 aromatic heterocycles. The SMILES string of the molecule is C=CC(=O)N1CCC(Nc2ccc3ncnc(Nc4ccc(OCc5cccc(F)c5)c(Cl)c4)c3n2)C1. The van der Waals surface area contributed by atoms with Crippen LogP contribution in [0.15, 0.2) is 73.6 Å². The number of halogens is 2. The normalized spacial score (nSPS) is 15.0. The van der Waals surface area contributed by atoms with Crippen LogP contribution in [-0.4, -0.2) is 44.9 Å². The Kier molecular flexibility index (Phi) is 7.14. The zero-order chi connectivity index (χ0) is 25.8. The Morgan fingerprint density at radius 1 is 1.22 bits per heavy atom.